The molecule has 20 heavy (non-hydrogen) atoms. The van der Waals surface area contributed by atoms with Gasteiger partial charge < -0.3 is 10.2 Å². The van der Waals surface area contributed by atoms with Gasteiger partial charge in [-0.2, -0.15) is 0 Å². The molecule has 0 aliphatic rings. The molecule has 0 spiro atoms. The first-order valence-electron chi connectivity index (χ1n) is 5.87. The quantitative estimate of drug-likeness (QED) is 0.945. The van der Waals surface area contributed by atoms with Crippen molar-refractivity contribution in [1.82, 2.24) is 4.98 Å². The van der Waals surface area contributed by atoms with E-state index in [1.54, 1.807) is 18.2 Å². The average Bonchev–Trinajstić information content (AvgIpc) is 2.38. The summed E-state index contributed by atoms with van der Waals surface area (Å²) in [5.41, 5.74) is 1.23. The third-order valence-electron chi connectivity index (χ3n) is 2.71. The van der Waals surface area contributed by atoms with Crippen LogP contribution in [0.5, 0.6) is 0 Å². The van der Waals surface area contributed by atoms with Gasteiger partial charge in [0.15, 0.2) is 5.82 Å². The summed E-state index contributed by atoms with van der Waals surface area (Å²) in [5.74, 6) is -1.21. The maximum Gasteiger partial charge on any atom is 0.258 e. The van der Waals surface area contributed by atoms with Crippen molar-refractivity contribution < 1.29 is 9.18 Å². The van der Waals surface area contributed by atoms with E-state index in [1.165, 1.54) is 12.3 Å². The highest BCUT2D eigenvalue weighted by Crippen LogP contribution is 2.28. The van der Waals surface area contributed by atoms with Gasteiger partial charge in [-0.15, -0.1) is 0 Å². The smallest absolute Gasteiger partial charge is 0.258 e. The van der Waals surface area contributed by atoms with E-state index in [9.17, 15) is 9.18 Å². The van der Waals surface area contributed by atoms with E-state index in [0.717, 1.165) is 11.9 Å². The lowest BCUT2D eigenvalue weighted by Crippen LogP contribution is -2.17. The van der Waals surface area contributed by atoms with Crippen molar-refractivity contribution in [2.75, 3.05) is 24.3 Å². The molecule has 0 saturated carbocycles. The minimum absolute atomic E-state index is 0.0651. The van der Waals surface area contributed by atoms with E-state index in [1.807, 2.05) is 19.0 Å². The van der Waals surface area contributed by atoms with Gasteiger partial charge >= 0.3 is 0 Å². The molecule has 0 aliphatic heterocycles. The molecule has 0 bridgehead atoms. The van der Waals surface area contributed by atoms with Crippen LogP contribution in [0.15, 0.2) is 36.7 Å². The van der Waals surface area contributed by atoms with Crippen molar-refractivity contribution in [3.8, 4) is 0 Å². The van der Waals surface area contributed by atoms with Crippen LogP contribution in [-0.4, -0.2) is 25.0 Å². The van der Waals surface area contributed by atoms with E-state index in [-0.39, 0.29) is 5.56 Å². The van der Waals surface area contributed by atoms with Crippen LogP contribution >= 0.6 is 11.6 Å². The molecule has 0 radical (unpaired) electrons. The van der Waals surface area contributed by atoms with Crippen molar-refractivity contribution >= 4 is 28.9 Å². The number of halogens is 2. The lowest BCUT2D eigenvalue weighted by atomic mass is 10.2. The first-order chi connectivity index (χ1) is 9.49. The number of anilines is 2. The van der Waals surface area contributed by atoms with Gasteiger partial charge in [-0.3, -0.25) is 9.78 Å². The molecule has 1 heterocycles. The second kappa shape index (κ2) is 5.88. The Kier molecular flexibility index (Phi) is 4.20. The van der Waals surface area contributed by atoms with E-state index in [0.29, 0.717) is 10.7 Å². The fourth-order valence-corrected chi connectivity index (χ4v) is 1.92. The molecule has 4 nitrogen and oxygen atoms in total. The number of carbonyl (C=O) groups excluding carboxylic acids is 1. The molecule has 0 fully saturated rings. The SMILES string of the molecule is CN(C)c1ccc(Cl)cc1NC(=O)c1ccncc1F. The Hall–Kier alpha value is -2.14. The molecule has 1 N–H and O–H groups in total. The summed E-state index contributed by atoms with van der Waals surface area (Å²) in [5, 5.41) is 3.14. The zero-order valence-electron chi connectivity index (χ0n) is 11.0. The number of pyridine rings is 1. The molecule has 0 atom stereocenters. The van der Waals surface area contributed by atoms with E-state index in [4.69, 9.17) is 11.6 Å². The lowest BCUT2D eigenvalue weighted by Gasteiger charge is -2.18. The number of carbonyl (C=O) groups is 1. The Morgan fingerprint density at radius 2 is 2.10 bits per heavy atom. The second-order valence-electron chi connectivity index (χ2n) is 4.37. The fourth-order valence-electron chi connectivity index (χ4n) is 1.75. The van der Waals surface area contributed by atoms with Gasteiger partial charge in [0.05, 0.1) is 23.1 Å². The fraction of sp³-hybridized carbons (Fsp3) is 0.143. The zero-order chi connectivity index (χ0) is 14.7. The molecular weight excluding hydrogens is 281 g/mol. The molecule has 1 aromatic heterocycles. The summed E-state index contributed by atoms with van der Waals surface area (Å²) < 4.78 is 13.5. The van der Waals surface area contributed by atoms with Gasteiger partial charge in [-0.05, 0) is 24.3 Å². The largest absolute Gasteiger partial charge is 0.376 e. The highest BCUT2D eigenvalue weighted by molar-refractivity contribution is 6.31. The molecular formula is C14H13ClFN3O. The average molecular weight is 294 g/mol. The normalized spacial score (nSPS) is 10.2. The van der Waals surface area contributed by atoms with Crippen LogP contribution in [0.1, 0.15) is 10.4 Å². The van der Waals surface area contributed by atoms with Gasteiger partial charge in [0.25, 0.3) is 5.91 Å². The summed E-state index contributed by atoms with van der Waals surface area (Å²) in [6.45, 7) is 0. The number of rotatable bonds is 3. The summed E-state index contributed by atoms with van der Waals surface area (Å²) in [7, 11) is 3.68. The van der Waals surface area contributed by atoms with Crippen molar-refractivity contribution in [2.24, 2.45) is 0 Å². The second-order valence-corrected chi connectivity index (χ2v) is 4.80. The van der Waals surface area contributed by atoms with Gasteiger partial charge in [-0.1, -0.05) is 11.6 Å². The number of hydrogen-bond acceptors (Lipinski definition) is 3. The van der Waals surface area contributed by atoms with Gasteiger partial charge in [0.2, 0.25) is 0 Å². The van der Waals surface area contributed by atoms with Gasteiger partial charge in [0.1, 0.15) is 0 Å². The maximum absolute atomic E-state index is 13.5. The molecule has 2 rings (SSSR count). The third kappa shape index (κ3) is 3.05. The number of nitrogens with one attached hydrogen (secondary N) is 1. The van der Waals surface area contributed by atoms with Crippen molar-refractivity contribution in [3.63, 3.8) is 0 Å². The van der Waals surface area contributed by atoms with Gasteiger partial charge in [0, 0.05) is 25.3 Å². The maximum atomic E-state index is 13.5. The standard InChI is InChI=1S/C14H13ClFN3O/c1-19(2)13-4-3-9(15)7-12(13)18-14(20)10-5-6-17-8-11(10)16/h3-8H,1-2H3,(H,18,20). The van der Waals surface area contributed by atoms with Crippen molar-refractivity contribution in [3.05, 3.63) is 53.1 Å². The molecule has 0 unspecified atom stereocenters. The van der Waals surface area contributed by atoms with Crippen molar-refractivity contribution in [2.45, 2.75) is 0 Å². The van der Waals surface area contributed by atoms with Crippen LogP contribution in [0, 0.1) is 5.82 Å². The number of aromatic nitrogens is 1. The van der Waals surface area contributed by atoms with Crippen LogP contribution in [0.3, 0.4) is 0 Å². The molecule has 2 aromatic rings. The molecule has 0 saturated heterocycles. The minimum Gasteiger partial charge on any atom is -0.376 e. The van der Waals surface area contributed by atoms with Crippen LogP contribution in [-0.2, 0) is 0 Å². The first-order valence-corrected chi connectivity index (χ1v) is 6.24. The first kappa shape index (κ1) is 14.3. The predicted octanol–water partition coefficient (Wildman–Crippen LogP) is 3.19. The molecule has 104 valence electrons. The predicted molar refractivity (Wildman–Crippen MR) is 77.9 cm³/mol. The highest BCUT2D eigenvalue weighted by Gasteiger charge is 2.14. The summed E-state index contributed by atoms with van der Waals surface area (Å²) in [6, 6.07) is 6.44. The number of benzene rings is 1. The molecule has 6 heteroatoms. The Bertz CT molecular complexity index is 646. The Labute approximate surface area is 121 Å². The molecule has 1 aromatic carbocycles. The Morgan fingerprint density at radius 3 is 2.75 bits per heavy atom. The summed E-state index contributed by atoms with van der Waals surface area (Å²) in [4.78, 5) is 17.5. The topological polar surface area (TPSA) is 45.2 Å². The van der Waals surface area contributed by atoms with E-state index >= 15 is 0 Å². The Balaban J connectivity index is 2.33. The summed E-state index contributed by atoms with van der Waals surface area (Å²) in [6.07, 6.45) is 2.36. The number of hydrogen-bond donors (Lipinski definition) is 1. The molecule has 0 aliphatic carbocycles. The Morgan fingerprint density at radius 1 is 1.35 bits per heavy atom. The van der Waals surface area contributed by atoms with Crippen LogP contribution < -0.4 is 10.2 Å². The van der Waals surface area contributed by atoms with Crippen LogP contribution in [0.25, 0.3) is 0 Å². The van der Waals surface area contributed by atoms with E-state index < -0.39 is 11.7 Å². The zero-order valence-corrected chi connectivity index (χ0v) is 11.8. The minimum atomic E-state index is -0.668. The third-order valence-corrected chi connectivity index (χ3v) is 2.94. The van der Waals surface area contributed by atoms with Gasteiger partial charge in [-0.25, -0.2) is 4.39 Å². The number of nitrogens with zero attached hydrogens (tertiary/aromatic N) is 2. The monoisotopic (exact) mass is 293 g/mol. The molecule has 1 amide bonds. The van der Waals surface area contributed by atoms with E-state index in [2.05, 4.69) is 10.3 Å². The van der Waals surface area contributed by atoms with Crippen molar-refractivity contribution in [1.29, 1.82) is 0 Å². The van der Waals surface area contributed by atoms with Crippen LogP contribution in [0.2, 0.25) is 5.02 Å². The highest BCUT2D eigenvalue weighted by atomic mass is 35.5. The number of amides is 1. The van der Waals surface area contributed by atoms with Crippen LogP contribution in [0.4, 0.5) is 15.8 Å². The lowest BCUT2D eigenvalue weighted by molar-refractivity contribution is 0.102. The summed E-state index contributed by atoms with van der Waals surface area (Å²) >= 11 is 5.93.